The van der Waals surface area contributed by atoms with Crippen molar-refractivity contribution >= 4 is 39.9 Å². The Morgan fingerprint density at radius 1 is 1.06 bits per heavy atom. The number of unbranched alkanes of at least 4 members (excludes halogenated alkanes) is 3. The number of hydrogen-bond donors (Lipinski definition) is 3. The molecule has 2 heterocycles. The van der Waals surface area contributed by atoms with Crippen LogP contribution in [0.3, 0.4) is 0 Å². The first-order valence-corrected chi connectivity index (χ1v) is 20.8. The van der Waals surface area contributed by atoms with Crippen molar-refractivity contribution < 1.29 is 37.1 Å². The van der Waals surface area contributed by atoms with Crippen LogP contribution in [-0.2, 0) is 42.1 Å². The van der Waals surface area contributed by atoms with Crippen LogP contribution in [-0.4, -0.2) is 81.8 Å². The Morgan fingerprint density at radius 2 is 1.75 bits per heavy atom. The number of nitrogens with two attached hydrogens (primary N) is 1. The highest BCUT2D eigenvalue weighted by Crippen LogP contribution is 2.48. The highest BCUT2D eigenvalue weighted by Gasteiger charge is 2.55. The Morgan fingerprint density at radius 3 is 2.36 bits per heavy atom. The van der Waals surface area contributed by atoms with Gasteiger partial charge in [-0.2, -0.15) is 4.98 Å². The first-order chi connectivity index (χ1) is 24.7. The summed E-state index contributed by atoms with van der Waals surface area (Å²) in [5.41, 5.74) is 6.24. The second kappa shape index (κ2) is 15.6. The summed E-state index contributed by atoms with van der Waals surface area (Å²) < 4.78 is 41.7. The lowest BCUT2D eigenvalue weighted by atomic mass is 9.85. The zero-order valence-corrected chi connectivity index (χ0v) is 33.4. The largest absolute Gasteiger partial charge is 0.459 e. The van der Waals surface area contributed by atoms with Crippen molar-refractivity contribution in [2.24, 2.45) is 23.0 Å². The maximum Gasteiger partial charge on any atom is 0.408 e. The molecular weight excluding hydrogens is 701 g/mol. The summed E-state index contributed by atoms with van der Waals surface area (Å²) in [6.07, 6.45) is 11.3. The lowest BCUT2D eigenvalue weighted by Crippen LogP contribution is -2.58. The third-order valence-electron chi connectivity index (χ3n) is 11.0. The molecule has 0 aromatic carbocycles. The van der Waals surface area contributed by atoms with Crippen molar-refractivity contribution in [2.75, 3.05) is 6.54 Å². The summed E-state index contributed by atoms with van der Waals surface area (Å²) in [5.74, 6) is -1.31. The molecule has 15 heteroatoms. The first-order valence-electron chi connectivity index (χ1n) is 19.3. The predicted molar refractivity (Wildman–Crippen MR) is 200 cm³/mol. The average molecular weight is 761 g/mol. The minimum absolute atomic E-state index is 0.0906. The number of ether oxygens (including phenoxy) is 2. The number of likely N-dealkylation sites (tertiary alicyclic amines) is 1. The van der Waals surface area contributed by atoms with E-state index in [4.69, 9.17) is 20.2 Å². The molecule has 4 N–H and O–H groups in total. The van der Waals surface area contributed by atoms with Crippen molar-refractivity contribution in [3.8, 4) is 6.01 Å². The molecule has 2 saturated carbocycles. The number of carbonyl (C=O) groups is 4. The van der Waals surface area contributed by atoms with Crippen molar-refractivity contribution in [3.63, 3.8) is 0 Å². The Balaban J connectivity index is 1.18. The molecule has 296 valence electrons. The fourth-order valence-electron chi connectivity index (χ4n) is 7.60. The van der Waals surface area contributed by atoms with Crippen LogP contribution in [0.4, 0.5) is 4.79 Å². The molecular formula is C38H60N6O8S. The van der Waals surface area contributed by atoms with Crippen LogP contribution in [0.25, 0.3) is 6.08 Å². The second-order valence-electron chi connectivity index (χ2n) is 17.5. The molecule has 1 aromatic rings. The molecule has 14 nitrogen and oxygen atoms in total. The molecule has 5 rings (SSSR count). The normalized spacial score (nSPS) is 23.9. The van der Waals surface area contributed by atoms with Gasteiger partial charge in [-0.15, -0.1) is 0 Å². The molecule has 0 spiro atoms. The van der Waals surface area contributed by atoms with E-state index in [1.54, 1.807) is 20.8 Å². The minimum atomic E-state index is -3.70. The van der Waals surface area contributed by atoms with Gasteiger partial charge in [0, 0.05) is 24.6 Å². The van der Waals surface area contributed by atoms with Gasteiger partial charge in [-0.1, -0.05) is 59.5 Å². The van der Waals surface area contributed by atoms with E-state index in [0.29, 0.717) is 37.7 Å². The highest BCUT2D eigenvalue weighted by atomic mass is 32.2. The Hall–Kier alpha value is -3.62. The zero-order chi connectivity index (χ0) is 38.9. The molecule has 4 aliphatic rings. The maximum atomic E-state index is 14.0. The van der Waals surface area contributed by atoms with E-state index >= 15 is 0 Å². The number of nitrogens with zero attached hydrogens (tertiary/aromatic N) is 3. The Kier molecular flexibility index (Phi) is 12.0. The van der Waals surface area contributed by atoms with Gasteiger partial charge >= 0.3 is 6.09 Å². The van der Waals surface area contributed by atoms with E-state index in [1.807, 2.05) is 33.8 Å². The van der Waals surface area contributed by atoms with Crippen molar-refractivity contribution in [1.29, 1.82) is 0 Å². The number of fused-ring (bicyclic) bond motifs is 1. The van der Waals surface area contributed by atoms with E-state index in [2.05, 4.69) is 20.7 Å². The zero-order valence-electron chi connectivity index (χ0n) is 32.5. The fourth-order valence-corrected chi connectivity index (χ4v) is 9.28. The molecule has 3 aliphatic carbocycles. The van der Waals surface area contributed by atoms with Crippen LogP contribution < -0.4 is 20.5 Å². The Bertz CT molecular complexity index is 1690. The number of allylic oxidation sites excluding steroid dienone is 1. The van der Waals surface area contributed by atoms with Gasteiger partial charge in [-0.3, -0.25) is 23.7 Å². The number of hydrogen-bond acceptors (Lipinski definition) is 9. The van der Waals surface area contributed by atoms with Crippen molar-refractivity contribution in [3.05, 3.63) is 17.5 Å². The van der Waals surface area contributed by atoms with Gasteiger partial charge in [0.2, 0.25) is 27.7 Å². The summed E-state index contributed by atoms with van der Waals surface area (Å²) in [6, 6.07) is -1.49. The van der Waals surface area contributed by atoms with E-state index < -0.39 is 61.9 Å². The SMILES string of the molecule is CC[C@@H]1C[C@@H]1C(=O)NS(=O)(=O)C1(CCCCCCn2c(O[C@@H]3C[C@@H](C(N)=O)N(C(=O)C(NC(=O)OC(C)(C)C)C(C)(C)C)C3)nc3c2CCC=C3)CC1. The first kappa shape index (κ1) is 40.6. The number of amides is 4. The molecule has 5 atom stereocenters. The standard InChI is InChI=1S/C38H60N6O8S/c1-8-24-21-26(24)32(46)42-53(49,50)38(18-19-38)17-13-9-10-14-20-43-28-16-12-11-15-27(28)40-34(43)51-25-22-29(31(39)45)44(23-25)33(47)30(36(2,3)4)41-35(48)52-37(5,6)7/h11,15,24-26,29-30H,8-10,12-14,16-23H2,1-7H3,(H2,39,45)(H,41,48)(H,42,46)/t24-,25-,26+,29+,30?/m1/s1. The van der Waals surface area contributed by atoms with E-state index in [-0.39, 0.29) is 24.8 Å². The average Bonchev–Trinajstić information content (AvgIpc) is 3.96. The van der Waals surface area contributed by atoms with Crippen LogP contribution in [0.1, 0.15) is 130 Å². The highest BCUT2D eigenvalue weighted by molar-refractivity contribution is 7.91. The predicted octanol–water partition coefficient (Wildman–Crippen LogP) is 4.59. The number of aromatic nitrogens is 2. The van der Waals surface area contributed by atoms with Gasteiger partial charge in [0.05, 0.1) is 17.0 Å². The topological polar surface area (TPSA) is 192 Å². The number of sulfonamides is 1. The third kappa shape index (κ3) is 9.74. The molecule has 1 aromatic heterocycles. The smallest absolute Gasteiger partial charge is 0.408 e. The molecule has 4 amide bonds. The van der Waals surface area contributed by atoms with Crippen LogP contribution >= 0.6 is 0 Å². The van der Waals surface area contributed by atoms with Crippen LogP contribution in [0.15, 0.2) is 6.08 Å². The fraction of sp³-hybridized carbons (Fsp3) is 0.763. The lowest BCUT2D eigenvalue weighted by Gasteiger charge is -2.35. The van der Waals surface area contributed by atoms with Gasteiger partial charge in [-0.05, 0) is 83.1 Å². The number of carbonyl (C=O) groups excluding carboxylic acids is 4. The van der Waals surface area contributed by atoms with Crippen LogP contribution in [0.5, 0.6) is 6.01 Å². The second-order valence-corrected chi connectivity index (χ2v) is 19.6. The minimum Gasteiger partial charge on any atom is -0.459 e. The number of primary amides is 1. The monoisotopic (exact) mass is 760 g/mol. The van der Waals surface area contributed by atoms with Crippen LogP contribution in [0, 0.1) is 17.3 Å². The summed E-state index contributed by atoms with van der Waals surface area (Å²) in [7, 11) is -3.70. The summed E-state index contributed by atoms with van der Waals surface area (Å²) in [5, 5.41) is 2.71. The summed E-state index contributed by atoms with van der Waals surface area (Å²) >= 11 is 0. The number of imidazole rings is 1. The molecule has 0 bridgehead atoms. The van der Waals surface area contributed by atoms with E-state index in [1.165, 1.54) is 4.90 Å². The molecule has 1 aliphatic heterocycles. The van der Waals surface area contributed by atoms with Crippen molar-refractivity contribution in [2.45, 2.75) is 161 Å². The van der Waals surface area contributed by atoms with Gasteiger partial charge in [-0.25, -0.2) is 13.2 Å². The third-order valence-corrected chi connectivity index (χ3v) is 13.2. The maximum absolute atomic E-state index is 14.0. The van der Waals surface area contributed by atoms with Crippen molar-refractivity contribution in [1.82, 2.24) is 24.5 Å². The number of nitrogens with one attached hydrogen (secondary N) is 2. The summed E-state index contributed by atoms with van der Waals surface area (Å²) in [6.45, 7) is 13.5. The van der Waals surface area contributed by atoms with Gasteiger partial charge in [0.15, 0.2) is 0 Å². The summed E-state index contributed by atoms with van der Waals surface area (Å²) in [4.78, 5) is 58.0. The Labute approximate surface area is 314 Å². The molecule has 1 unspecified atom stereocenters. The van der Waals surface area contributed by atoms with E-state index in [9.17, 15) is 27.6 Å². The molecule has 1 saturated heterocycles. The lowest BCUT2D eigenvalue weighted by molar-refractivity contribution is -0.141. The van der Waals surface area contributed by atoms with Gasteiger partial charge in [0.1, 0.15) is 23.8 Å². The van der Waals surface area contributed by atoms with Gasteiger partial charge in [0.25, 0.3) is 6.01 Å². The van der Waals surface area contributed by atoms with E-state index in [0.717, 1.165) is 62.8 Å². The molecule has 3 fully saturated rings. The number of rotatable bonds is 16. The number of alkyl carbamates (subject to hydrolysis) is 1. The van der Waals surface area contributed by atoms with Gasteiger partial charge < -0.3 is 25.4 Å². The van der Waals surface area contributed by atoms with Crippen LogP contribution in [0.2, 0.25) is 0 Å². The molecule has 53 heavy (non-hydrogen) atoms. The molecule has 0 radical (unpaired) electrons. The quantitative estimate of drug-likeness (QED) is 0.202.